The van der Waals surface area contributed by atoms with Gasteiger partial charge in [-0.2, -0.15) is 5.26 Å². The summed E-state index contributed by atoms with van der Waals surface area (Å²) in [6.07, 6.45) is 1.64. The fourth-order valence-corrected chi connectivity index (χ4v) is 1.08. The topological polar surface area (TPSA) is 91.8 Å². The second-order valence-electron chi connectivity index (χ2n) is 3.17. The van der Waals surface area contributed by atoms with Gasteiger partial charge in [-0.05, 0) is 19.1 Å². The highest BCUT2D eigenvalue weighted by molar-refractivity contribution is 5.97. The van der Waals surface area contributed by atoms with Crippen LogP contribution in [-0.2, 0) is 11.3 Å². The fourth-order valence-electron chi connectivity index (χ4n) is 1.08. The Hall–Kier alpha value is -2.35. The number of amides is 1. The van der Waals surface area contributed by atoms with Crippen molar-refractivity contribution in [2.75, 3.05) is 0 Å². The number of nitrogens with zero attached hydrogens (tertiary/aromatic N) is 2. The molecule has 0 saturated heterocycles. The van der Waals surface area contributed by atoms with Gasteiger partial charge in [-0.25, -0.2) is 0 Å². The van der Waals surface area contributed by atoms with Gasteiger partial charge in [-0.1, -0.05) is 6.07 Å². The van der Waals surface area contributed by atoms with Gasteiger partial charge in [-0.15, -0.1) is 0 Å². The molecule has 0 spiro atoms. The molecule has 0 aromatic carbocycles. The molecule has 0 aliphatic carbocycles. The quantitative estimate of drug-likeness (QED) is 0.567. The highest BCUT2D eigenvalue weighted by atomic mass is 16.1. The van der Waals surface area contributed by atoms with E-state index in [-0.39, 0.29) is 17.8 Å². The van der Waals surface area contributed by atoms with Gasteiger partial charge in [0.1, 0.15) is 11.6 Å². The van der Waals surface area contributed by atoms with Crippen LogP contribution in [0.1, 0.15) is 12.6 Å². The summed E-state index contributed by atoms with van der Waals surface area (Å²) < 4.78 is 0. The Balaban J connectivity index is 2.61. The molecule has 0 bridgehead atoms. The molecule has 16 heavy (non-hydrogen) atoms. The lowest BCUT2D eigenvalue weighted by Gasteiger charge is -2.04. The minimum absolute atomic E-state index is 0.0593. The predicted octanol–water partition coefficient (Wildman–Crippen LogP) is 0.454. The van der Waals surface area contributed by atoms with E-state index in [1.54, 1.807) is 24.4 Å². The average molecular weight is 216 g/mol. The Morgan fingerprint density at radius 2 is 2.38 bits per heavy atom. The van der Waals surface area contributed by atoms with Crippen molar-refractivity contribution in [2.45, 2.75) is 13.5 Å². The molecule has 5 nitrogen and oxygen atoms in total. The van der Waals surface area contributed by atoms with Crippen LogP contribution in [0.25, 0.3) is 0 Å². The number of aromatic nitrogens is 1. The summed E-state index contributed by atoms with van der Waals surface area (Å²) in [7, 11) is 0. The van der Waals surface area contributed by atoms with Crippen LogP contribution in [0.3, 0.4) is 0 Å². The SMILES string of the molecule is CC(N)=C(C#N)C(=O)NCc1ccccn1. The molecule has 1 amide bonds. The van der Waals surface area contributed by atoms with Gasteiger partial charge in [0.05, 0.1) is 12.2 Å². The van der Waals surface area contributed by atoms with Crippen molar-refractivity contribution in [2.24, 2.45) is 5.73 Å². The predicted molar refractivity (Wildman–Crippen MR) is 58.6 cm³/mol. The first kappa shape index (κ1) is 11.7. The molecule has 0 aliphatic rings. The highest BCUT2D eigenvalue weighted by Crippen LogP contribution is 1.98. The Morgan fingerprint density at radius 3 is 2.88 bits per heavy atom. The molecule has 0 atom stereocenters. The zero-order chi connectivity index (χ0) is 12.0. The van der Waals surface area contributed by atoms with E-state index in [2.05, 4.69) is 10.3 Å². The van der Waals surface area contributed by atoms with Crippen LogP contribution in [0.4, 0.5) is 0 Å². The van der Waals surface area contributed by atoms with Crippen LogP contribution in [-0.4, -0.2) is 10.9 Å². The molecule has 1 aromatic rings. The summed E-state index contributed by atoms with van der Waals surface area (Å²) in [6.45, 7) is 1.79. The maximum Gasteiger partial charge on any atom is 0.264 e. The number of carbonyl (C=O) groups excluding carboxylic acids is 1. The number of pyridine rings is 1. The van der Waals surface area contributed by atoms with Crippen LogP contribution in [0.2, 0.25) is 0 Å². The number of nitriles is 1. The Kier molecular flexibility index (Phi) is 4.04. The van der Waals surface area contributed by atoms with Crippen LogP contribution in [0, 0.1) is 11.3 Å². The van der Waals surface area contributed by atoms with Gasteiger partial charge in [0.2, 0.25) is 0 Å². The summed E-state index contributed by atoms with van der Waals surface area (Å²) in [6, 6.07) is 7.15. The first-order valence-electron chi connectivity index (χ1n) is 4.69. The smallest absolute Gasteiger partial charge is 0.264 e. The summed E-state index contributed by atoms with van der Waals surface area (Å²) in [5, 5.41) is 11.3. The number of rotatable bonds is 3. The molecule has 0 aliphatic heterocycles. The lowest BCUT2D eigenvalue weighted by Crippen LogP contribution is -2.26. The summed E-state index contributed by atoms with van der Waals surface area (Å²) in [5.41, 5.74) is 6.27. The second kappa shape index (κ2) is 5.51. The van der Waals surface area contributed by atoms with E-state index in [0.717, 1.165) is 5.69 Å². The van der Waals surface area contributed by atoms with E-state index in [4.69, 9.17) is 11.0 Å². The van der Waals surface area contributed by atoms with Gasteiger partial charge in [-0.3, -0.25) is 9.78 Å². The van der Waals surface area contributed by atoms with E-state index in [1.807, 2.05) is 6.07 Å². The third kappa shape index (κ3) is 3.10. The van der Waals surface area contributed by atoms with Crippen molar-refractivity contribution >= 4 is 5.91 Å². The molecule has 82 valence electrons. The van der Waals surface area contributed by atoms with Crippen molar-refractivity contribution in [3.8, 4) is 6.07 Å². The van der Waals surface area contributed by atoms with Crippen LogP contribution < -0.4 is 11.1 Å². The minimum Gasteiger partial charge on any atom is -0.401 e. The van der Waals surface area contributed by atoms with Gasteiger partial charge in [0.25, 0.3) is 5.91 Å². The second-order valence-corrected chi connectivity index (χ2v) is 3.17. The zero-order valence-electron chi connectivity index (χ0n) is 8.90. The molecule has 0 saturated carbocycles. The summed E-state index contributed by atoms with van der Waals surface area (Å²) in [5.74, 6) is -0.479. The largest absolute Gasteiger partial charge is 0.401 e. The monoisotopic (exact) mass is 216 g/mol. The first-order valence-corrected chi connectivity index (χ1v) is 4.69. The lowest BCUT2D eigenvalue weighted by atomic mass is 10.2. The standard InChI is InChI=1S/C11H12N4O/c1-8(13)10(6-12)11(16)15-7-9-4-2-3-5-14-9/h2-5H,7,13H2,1H3,(H,15,16). The Bertz CT molecular complexity index is 441. The normalized spacial score (nSPS) is 11.2. The van der Waals surface area contributed by atoms with Crippen LogP contribution in [0.15, 0.2) is 35.7 Å². The van der Waals surface area contributed by atoms with Crippen molar-refractivity contribution in [1.29, 1.82) is 5.26 Å². The zero-order valence-corrected chi connectivity index (χ0v) is 8.90. The highest BCUT2D eigenvalue weighted by Gasteiger charge is 2.10. The Morgan fingerprint density at radius 1 is 1.62 bits per heavy atom. The third-order valence-electron chi connectivity index (χ3n) is 1.89. The number of allylic oxidation sites excluding steroid dienone is 1. The number of hydrogen-bond donors (Lipinski definition) is 2. The van der Waals surface area contributed by atoms with E-state index < -0.39 is 5.91 Å². The molecule has 0 fully saturated rings. The van der Waals surface area contributed by atoms with Gasteiger partial charge in [0.15, 0.2) is 0 Å². The Labute approximate surface area is 93.6 Å². The summed E-state index contributed by atoms with van der Waals surface area (Å²) >= 11 is 0. The van der Waals surface area contributed by atoms with Gasteiger partial charge < -0.3 is 11.1 Å². The van der Waals surface area contributed by atoms with Crippen molar-refractivity contribution in [3.63, 3.8) is 0 Å². The number of hydrogen-bond acceptors (Lipinski definition) is 4. The first-order chi connectivity index (χ1) is 7.65. The molecule has 1 heterocycles. The molecular formula is C11H12N4O. The van der Waals surface area contributed by atoms with Gasteiger partial charge >= 0.3 is 0 Å². The van der Waals surface area contributed by atoms with E-state index in [9.17, 15) is 4.79 Å². The van der Waals surface area contributed by atoms with Crippen molar-refractivity contribution in [3.05, 3.63) is 41.4 Å². The number of nitrogens with one attached hydrogen (secondary N) is 1. The van der Waals surface area contributed by atoms with E-state index >= 15 is 0 Å². The van der Waals surface area contributed by atoms with Gasteiger partial charge in [0, 0.05) is 11.9 Å². The van der Waals surface area contributed by atoms with E-state index in [0.29, 0.717) is 0 Å². The molecule has 3 N–H and O–H groups in total. The average Bonchev–Trinajstić information content (AvgIpc) is 2.28. The van der Waals surface area contributed by atoms with E-state index in [1.165, 1.54) is 6.92 Å². The molecule has 0 radical (unpaired) electrons. The maximum atomic E-state index is 11.5. The number of nitrogens with two attached hydrogens (primary N) is 1. The molecule has 0 unspecified atom stereocenters. The fraction of sp³-hybridized carbons (Fsp3) is 0.182. The molecular weight excluding hydrogens is 204 g/mol. The van der Waals surface area contributed by atoms with Crippen molar-refractivity contribution in [1.82, 2.24) is 10.3 Å². The summed E-state index contributed by atoms with van der Waals surface area (Å²) in [4.78, 5) is 15.5. The van der Waals surface area contributed by atoms with Crippen LogP contribution in [0.5, 0.6) is 0 Å². The van der Waals surface area contributed by atoms with Crippen LogP contribution >= 0.6 is 0 Å². The lowest BCUT2D eigenvalue weighted by molar-refractivity contribution is -0.117. The maximum absolute atomic E-state index is 11.5. The minimum atomic E-state index is -0.479. The third-order valence-corrected chi connectivity index (χ3v) is 1.89. The molecule has 1 rings (SSSR count). The molecule has 5 heteroatoms. The number of carbonyl (C=O) groups is 1. The van der Waals surface area contributed by atoms with Crippen molar-refractivity contribution < 1.29 is 4.79 Å². The molecule has 1 aromatic heterocycles.